The van der Waals surface area contributed by atoms with Crippen molar-refractivity contribution in [2.75, 3.05) is 0 Å². The standard InChI is InChI=1S/C14H20/c1-11(2)12(3)9-10-14-8-6-5-7-13(14)4/h5-8,12H,1,9-10H2,2-4H3. The van der Waals surface area contributed by atoms with E-state index in [2.05, 4.69) is 51.6 Å². The molecule has 0 aliphatic heterocycles. The van der Waals surface area contributed by atoms with Crippen molar-refractivity contribution in [3.63, 3.8) is 0 Å². The Balaban J connectivity index is 2.54. The van der Waals surface area contributed by atoms with Gasteiger partial charge in [0.2, 0.25) is 0 Å². The van der Waals surface area contributed by atoms with Crippen LogP contribution in [-0.4, -0.2) is 0 Å². The number of rotatable bonds is 4. The molecule has 0 fully saturated rings. The first-order valence-corrected chi connectivity index (χ1v) is 5.31. The monoisotopic (exact) mass is 188 g/mol. The maximum absolute atomic E-state index is 3.99. The van der Waals surface area contributed by atoms with E-state index in [-0.39, 0.29) is 0 Å². The van der Waals surface area contributed by atoms with Gasteiger partial charge in [-0.05, 0) is 43.7 Å². The minimum absolute atomic E-state index is 0.634. The van der Waals surface area contributed by atoms with E-state index in [1.807, 2.05) is 0 Å². The van der Waals surface area contributed by atoms with Crippen LogP contribution in [0.4, 0.5) is 0 Å². The van der Waals surface area contributed by atoms with Gasteiger partial charge >= 0.3 is 0 Å². The second-order valence-corrected chi connectivity index (χ2v) is 4.21. The van der Waals surface area contributed by atoms with Gasteiger partial charge in [0.1, 0.15) is 0 Å². The largest absolute Gasteiger partial charge is 0.0999 e. The molecule has 0 heterocycles. The summed E-state index contributed by atoms with van der Waals surface area (Å²) < 4.78 is 0. The lowest BCUT2D eigenvalue weighted by Crippen LogP contribution is -1.99. The van der Waals surface area contributed by atoms with Crippen molar-refractivity contribution in [1.82, 2.24) is 0 Å². The first kappa shape index (κ1) is 11.0. The summed E-state index contributed by atoms with van der Waals surface area (Å²) in [6.45, 7) is 10.5. The maximum atomic E-state index is 3.99. The van der Waals surface area contributed by atoms with Gasteiger partial charge in [-0.1, -0.05) is 43.3 Å². The molecule has 1 aromatic carbocycles. The highest BCUT2D eigenvalue weighted by atomic mass is 14.1. The Labute approximate surface area is 87.7 Å². The SMILES string of the molecule is C=C(C)C(C)CCc1ccccc1C. The molecule has 0 spiro atoms. The second kappa shape index (κ2) is 4.99. The molecular formula is C14H20. The molecule has 0 saturated heterocycles. The van der Waals surface area contributed by atoms with Crippen LogP contribution >= 0.6 is 0 Å². The van der Waals surface area contributed by atoms with Crippen molar-refractivity contribution >= 4 is 0 Å². The summed E-state index contributed by atoms with van der Waals surface area (Å²) in [6.07, 6.45) is 2.38. The summed E-state index contributed by atoms with van der Waals surface area (Å²) in [7, 11) is 0. The topological polar surface area (TPSA) is 0 Å². The molecular weight excluding hydrogens is 168 g/mol. The van der Waals surface area contributed by atoms with Crippen molar-refractivity contribution in [2.24, 2.45) is 5.92 Å². The smallest absolute Gasteiger partial charge is 0.0234 e. The fraction of sp³-hybridized carbons (Fsp3) is 0.429. The Hall–Kier alpha value is -1.04. The Bertz CT molecular complexity index is 310. The average molecular weight is 188 g/mol. The lowest BCUT2D eigenvalue weighted by Gasteiger charge is -2.11. The Morgan fingerprint density at radius 1 is 1.36 bits per heavy atom. The van der Waals surface area contributed by atoms with Crippen LogP contribution in [0.3, 0.4) is 0 Å². The highest BCUT2D eigenvalue weighted by Crippen LogP contribution is 2.17. The van der Waals surface area contributed by atoms with E-state index in [1.54, 1.807) is 0 Å². The van der Waals surface area contributed by atoms with Crippen molar-refractivity contribution in [1.29, 1.82) is 0 Å². The molecule has 0 nitrogen and oxygen atoms in total. The van der Waals surface area contributed by atoms with Gasteiger partial charge in [-0.2, -0.15) is 0 Å². The van der Waals surface area contributed by atoms with Crippen LogP contribution in [0.5, 0.6) is 0 Å². The molecule has 0 aliphatic carbocycles. The highest BCUT2D eigenvalue weighted by Gasteiger charge is 2.03. The molecule has 1 atom stereocenters. The molecule has 1 aromatic rings. The molecule has 0 bridgehead atoms. The summed E-state index contributed by atoms with van der Waals surface area (Å²) in [5.41, 5.74) is 4.17. The summed E-state index contributed by atoms with van der Waals surface area (Å²) in [4.78, 5) is 0. The minimum Gasteiger partial charge on any atom is -0.0999 e. The van der Waals surface area contributed by atoms with Crippen LogP contribution in [0.15, 0.2) is 36.4 Å². The molecule has 14 heavy (non-hydrogen) atoms. The molecule has 0 aliphatic rings. The van der Waals surface area contributed by atoms with Crippen molar-refractivity contribution in [3.8, 4) is 0 Å². The van der Waals surface area contributed by atoms with Gasteiger partial charge in [-0.15, -0.1) is 0 Å². The van der Waals surface area contributed by atoms with Crippen LogP contribution in [0.1, 0.15) is 31.4 Å². The normalized spacial score (nSPS) is 12.5. The first-order chi connectivity index (χ1) is 6.61. The van der Waals surface area contributed by atoms with E-state index < -0.39 is 0 Å². The lowest BCUT2D eigenvalue weighted by atomic mass is 9.94. The zero-order chi connectivity index (χ0) is 10.6. The van der Waals surface area contributed by atoms with Gasteiger partial charge in [-0.25, -0.2) is 0 Å². The molecule has 0 saturated carbocycles. The molecule has 1 unspecified atom stereocenters. The van der Waals surface area contributed by atoms with Gasteiger partial charge in [-0.3, -0.25) is 0 Å². The third-order valence-electron chi connectivity index (χ3n) is 2.95. The van der Waals surface area contributed by atoms with Crippen molar-refractivity contribution in [3.05, 3.63) is 47.5 Å². The Morgan fingerprint density at radius 2 is 2.00 bits per heavy atom. The van der Waals surface area contributed by atoms with Crippen molar-refractivity contribution < 1.29 is 0 Å². The number of hydrogen-bond donors (Lipinski definition) is 0. The molecule has 76 valence electrons. The molecule has 0 amide bonds. The van der Waals surface area contributed by atoms with Gasteiger partial charge in [0.05, 0.1) is 0 Å². The zero-order valence-corrected chi connectivity index (χ0v) is 9.51. The quantitative estimate of drug-likeness (QED) is 0.623. The van der Waals surface area contributed by atoms with Crippen LogP contribution in [0, 0.1) is 12.8 Å². The summed E-state index contributed by atoms with van der Waals surface area (Å²) in [6, 6.07) is 8.62. The molecule has 0 N–H and O–H groups in total. The summed E-state index contributed by atoms with van der Waals surface area (Å²) in [5, 5.41) is 0. The van der Waals surface area contributed by atoms with Gasteiger partial charge in [0, 0.05) is 0 Å². The molecule has 0 aromatic heterocycles. The molecule has 0 heteroatoms. The predicted molar refractivity (Wildman–Crippen MR) is 63.5 cm³/mol. The third-order valence-corrected chi connectivity index (χ3v) is 2.95. The van der Waals surface area contributed by atoms with E-state index in [9.17, 15) is 0 Å². The summed E-state index contributed by atoms with van der Waals surface area (Å²) in [5.74, 6) is 0.634. The number of hydrogen-bond acceptors (Lipinski definition) is 0. The first-order valence-electron chi connectivity index (χ1n) is 5.31. The fourth-order valence-corrected chi connectivity index (χ4v) is 1.51. The predicted octanol–water partition coefficient (Wildman–Crippen LogP) is 4.14. The second-order valence-electron chi connectivity index (χ2n) is 4.21. The van der Waals surface area contributed by atoms with E-state index in [0.29, 0.717) is 5.92 Å². The number of allylic oxidation sites excluding steroid dienone is 1. The van der Waals surface area contributed by atoms with E-state index in [0.717, 1.165) is 0 Å². The van der Waals surface area contributed by atoms with Gasteiger partial charge in [0.25, 0.3) is 0 Å². The van der Waals surface area contributed by atoms with E-state index in [1.165, 1.54) is 29.5 Å². The zero-order valence-electron chi connectivity index (χ0n) is 9.51. The molecule has 1 rings (SSSR count). The maximum Gasteiger partial charge on any atom is -0.0234 e. The highest BCUT2D eigenvalue weighted by molar-refractivity contribution is 5.25. The van der Waals surface area contributed by atoms with Gasteiger partial charge in [0.15, 0.2) is 0 Å². The number of benzene rings is 1. The Kier molecular flexibility index (Phi) is 3.94. The van der Waals surface area contributed by atoms with Crippen LogP contribution < -0.4 is 0 Å². The minimum atomic E-state index is 0.634. The number of aryl methyl sites for hydroxylation is 2. The lowest BCUT2D eigenvalue weighted by molar-refractivity contribution is 0.614. The van der Waals surface area contributed by atoms with E-state index in [4.69, 9.17) is 0 Å². The van der Waals surface area contributed by atoms with Crippen molar-refractivity contribution in [2.45, 2.75) is 33.6 Å². The Morgan fingerprint density at radius 3 is 2.57 bits per heavy atom. The summed E-state index contributed by atoms with van der Waals surface area (Å²) >= 11 is 0. The van der Waals surface area contributed by atoms with Crippen LogP contribution in [0.2, 0.25) is 0 Å². The average Bonchev–Trinajstić information content (AvgIpc) is 2.16. The van der Waals surface area contributed by atoms with Crippen LogP contribution in [-0.2, 0) is 6.42 Å². The van der Waals surface area contributed by atoms with E-state index >= 15 is 0 Å². The third kappa shape index (κ3) is 3.02. The fourth-order valence-electron chi connectivity index (χ4n) is 1.51. The van der Waals surface area contributed by atoms with Gasteiger partial charge < -0.3 is 0 Å². The molecule has 0 radical (unpaired) electrons. The van der Waals surface area contributed by atoms with Crippen LogP contribution in [0.25, 0.3) is 0 Å².